The lowest BCUT2D eigenvalue weighted by molar-refractivity contribution is -0.121. The molecule has 0 atom stereocenters. The van der Waals surface area contributed by atoms with Gasteiger partial charge in [0.25, 0.3) is 0 Å². The lowest BCUT2D eigenvalue weighted by Crippen LogP contribution is -2.48. The predicted molar refractivity (Wildman–Crippen MR) is 79.4 cm³/mol. The number of hydrogen-bond acceptors (Lipinski definition) is 4. The molecule has 0 unspecified atom stereocenters. The number of Topliss-reactive ketones (excluding diaryl/α,β-unsaturated/α-hetero) is 1. The zero-order chi connectivity index (χ0) is 13.9. The van der Waals surface area contributed by atoms with Crippen LogP contribution in [0.4, 0.5) is 5.69 Å². The van der Waals surface area contributed by atoms with Gasteiger partial charge in [0.1, 0.15) is 11.5 Å². The van der Waals surface area contributed by atoms with E-state index in [4.69, 9.17) is 4.74 Å². The van der Waals surface area contributed by atoms with Crippen molar-refractivity contribution in [3.05, 3.63) is 24.3 Å². The molecule has 1 saturated carbocycles. The van der Waals surface area contributed by atoms with Crippen molar-refractivity contribution in [3.63, 3.8) is 0 Å². The Morgan fingerprint density at radius 3 is 2.65 bits per heavy atom. The van der Waals surface area contributed by atoms with E-state index in [1.807, 2.05) is 12.1 Å². The third kappa shape index (κ3) is 3.12. The van der Waals surface area contributed by atoms with Gasteiger partial charge in [0.05, 0.1) is 13.7 Å². The zero-order valence-corrected chi connectivity index (χ0v) is 12.0. The lowest BCUT2D eigenvalue weighted by atomic mass is 10.2. The average molecular weight is 274 g/mol. The van der Waals surface area contributed by atoms with E-state index in [1.54, 1.807) is 7.11 Å². The summed E-state index contributed by atoms with van der Waals surface area (Å²) in [5.74, 6) is 1.72. The summed E-state index contributed by atoms with van der Waals surface area (Å²) in [4.78, 5) is 16.5. The van der Waals surface area contributed by atoms with E-state index < -0.39 is 0 Å². The fraction of sp³-hybridized carbons (Fsp3) is 0.562. The van der Waals surface area contributed by atoms with Crippen LogP contribution in [0, 0.1) is 5.92 Å². The summed E-state index contributed by atoms with van der Waals surface area (Å²) in [5.41, 5.74) is 1.21. The van der Waals surface area contributed by atoms with Gasteiger partial charge in [-0.1, -0.05) is 6.07 Å². The average Bonchev–Trinajstić information content (AvgIpc) is 3.33. The second-order valence-electron chi connectivity index (χ2n) is 5.71. The van der Waals surface area contributed by atoms with Crippen LogP contribution in [0.15, 0.2) is 24.3 Å². The molecule has 1 aromatic carbocycles. The molecule has 1 aromatic rings. The first kappa shape index (κ1) is 13.4. The number of hydrogen-bond donors (Lipinski definition) is 0. The van der Waals surface area contributed by atoms with Gasteiger partial charge < -0.3 is 9.64 Å². The van der Waals surface area contributed by atoms with Crippen molar-refractivity contribution >= 4 is 11.5 Å². The minimum absolute atomic E-state index is 0.381. The Morgan fingerprint density at radius 2 is 2.00 bits per heavy atom. The van der Waals surface area contributed by atoms with Crippen molar-refractivity contribution in [2.24, 2.45) is 5.92 Å². The molecule has 1 aliphatic heterocycles. The smallest absolute Gasteiger partial charge is 0.149 e. The van der Waals surface area contributed by atoms with E-state index in [0.717, 1.165) is 44.8 Å². The highest BCUT2D eigenvalue weighted by atomic mass is 16.5. The van der Waals surface area contributed by atoms with Crippen molar-refractivity contribution in [1.29, 1.82) is 0 Å². The number of rotatable bonds is 5. The summed E-state index contributed by atoms with van der Waals surface area (Å²) < 4.78 is 5.27. The Morgan fingerprint density at radius 1 is 1.25 bits per heavy atom. The maximum atomic E-state index is 11.8. The summed E-state index contributed by atoms with van der Waals surface area (Å²) in [6, 6.07) is 8.18. The van der Waals surface area contributed by atoms with E-state index in [0.29, 0.717) is 18.2 Å². The molecular weight excluding hydrogens is 252 g/mol. The Labute approximate surface area is 120 Å². The summed E-state index contributed by atoms with van der Waals surface area (Å²) in [5, 5.41) is 0. The van der Waals surface area contributed by atoms with Crippen molar-refractivity contribution in [2.75, 3.05) is 44.7 Å². The highest BCUT2D eigenvalue weighted by Crippen LogP contribution is 2.30. The number of ketones is 1. The first-order chi connectivity index (χ1) is 9.76. The second kappa shape index (κ2) is 5.83. The van der Waals surface area contributed by atoms with Gasteiger partial charge in [-0.3, -0.25) is 9.69 Å². The number of ether oxygens (including phenoxy) is 1. The fourth-order valence-corrected chi connectivity index (χ4v) is 2.73. The van der Waals surface area contributed by atoms with Gasteiger partial charge in [-0.25, -0.2) is 0 Å². The van der Waals surface area contributed by atoms with Crippen molar-refractivity contribution < 1.29 is 9.53 Å². The largest absolute Gasteiger partial charge is 0.497 e. The number of piperazine rings is 1. The third-order valence-corrected chi connectivity index (χ3v) is 4.20. The minimum atomic E-state index is 0.381. The molecule has 1 saturated heterocycles. The fourth-order valence-electron chi connectivity index (χ4n) is 2.73. The molecule has 4 nitrogen and oxygen atoms in total. The Bertz CT molecular complexity index is 477. The molecule has 0 amide bonds. The third-order valence-electron chi connectivity index (χ3n) is 4.20. The standard InChI is InChI=1S/C16H22N2O2/c1-20-15-4-2-3-14(11-15)18-9-7-17(8-10-18)12-16(19)13-5-6-13/h2-4,11,13H,5-10,12H2,1H3. The normalized spacial score (nSPS) is 19.9. The van der Waals surface area contributed by atoms with E-state index in [2.05, 4.69) is 21.9 Å². The van der Waals surface area contributed by atoms with Gasteiger partial charge in [0, 0.05) is 43.9 Å². The van der Waals surface area contributed by atoms with Crippen molar-refractivity contribution in [2.45, 2.75) is 12.8 Å². The highest BCUT2D eigenvalue weighted by Gasteiger charge is 2.31. The Hall–Kier alpha value is -1.55. The number of carbonyl (C=O) groups excluding carboxylic acids is 1. The molecule has 4 heteroatoms. The number of methoxy groups -OCH3 is 1. The van der Waals surface area contributed by atoms with Crippen molar-refractivity contribution in [1.82, 2.24) is 4.90 Å². The molecule has 2 aliphatic rings. The second-order valence-corrected chi connectivity index (χ2v) is 5.71. The van der Waals surface area contributed by atoms with E-state index >= 15 is 0 Å². The summed E-state index contributed by atoms with van der Waals surface area (Å²) >= 11 is 0. The van der Waals surface area contributed by atoms with Crippen LogP contribution in [0.2, 0.25) is 0 Å². The molecule has 108 valence electrons. The molecule has 0 aromatic heterocycles. The van der Waals surface area contributed by atoms with Crippen LogP contribution >= 0.6 is 0 Å². The maximum Gasteiger partial charge on any atom is 0.149 e. The van der Waals surface area contributed by atoms with Crippen LogP contribution in [-0.4, -0.2) is 50.5 Å². The summed E-state index contributed by atoms with van der Waals surface area (Å²) in [6.07, 6.45) is 2.23. The van der Waals surface area contributed by atoms with E-state index in [1.165, 1.54) is 5.69 Å². The van der Waals surface area contributed by atoms with Crippen molar-refractivity contribution in [3.8, 4) is 5.75 Å². The van der Waals surface area contributed by atoms with Gasteiger partial charge in [0.15, 0.2) is 0 Å². The van der Waals surface area contributed by atoms with Crippen LogP contribution in [0.3, 0.4) is 0 Å². The highest BCUT2D eigenvalue weighted by molar-refractivity contribution is 5.85. The molecular formula is C16H22N2O2. The van der Waals surface area contributed by atoms with Crippen LogP contribution in [0.25, 0.3) is 0 Å². The Balaban J connectivity index is 1.53. The Kier molecular flexibility index (Phi) is 3.92. The SMILES string of the molecule is COc1cccc(N2CCN(CC(=O)C3CC3)CC2)c1. The lowest BCUT2D eigenvalue weighted by Gasteiger charge is -2.35. The molecule has 1 aliphatic carbocycles. The number of carbonyl (C=O) groups is 1. The number of nitrogens with zero attached hydrogens (tertiary/aromatic N) is 2. The molecule has 1 heterocycles. The molecule has 2 fully saturated rings. The van der Waals surface area contributed by atoms with Gasteiger partial charge in [0.2, 0.25) is 0 Å². The van der Waals surface area contributed by atoms with E-state index in [9.17, 15) is 4.79 Å². The monoisotopic (exact) mass is 274 g/mol. The van der Waals surface area contributed by atoms with Crippen LogP contribution < -0.4 is 9.64 Å². The summed E-state index contributed by atoms with van der Waals surface area (Å²) in [6.45, 7) is 4.54. The molecule has 0 spiro atoms. The van der Waals surface area contributed by atoms with Gasteiger partial charge >= 0.3 is 0 Å². The first-order valence-corrected chi connectivity index (χ1v) is 7.40. The van der Waals surface area contributed by atoms with Gasteiger partial charge in [-0.2, -0.15) is 0 Å². The number of benzene rings is 1. The zero-order valence-electron chi connectivity index (χ0n) is 12.0. The van der Waals surface area contributed by atoms with Gasteiger partial charge in [-0.05, 0) is 25.0 Å². The topological polar surface area (TPSA) is 32.8 Å². The molecule has 0 radical (unpaired) electrons. The van der Waals surface area contributed by atoms with Crippen LogP contribution in [-0.2, 0) is 4.79 Å². The summed E-state index contributed by atoms with van der Waals surface area (Å²) in [7, 11) is 1.69. The first-order valence-electron chi connectivity index (χ1n) is 7.40. The van der Waals surface area contributed by atoms with Crippen LogP contribution in [0.5, 0.6) is 5.75 Å². The maximum absolute atomic E-state index is 11.8. The molecule has 20 heavy (non-hydrogen) atoms. The minimum Gasteiger partial charge on any atom is -0.497 e. The van der Waals surface area contributed by atoms with Gasteiger partial charge in [-0.15, -0.1) is 0 Å². The quantitative estimate of drug-likeness (QED) is 0.819. The molecule has 0 bridgehead atoms. The van der Waals surface area contributed by atoms with E-state index in [-0.39, 0.29) is 0 Å². The molecule has 3 rings (SSSR count). The number of anilines is 1. The van der Waals surface area contributed by atoms with Crippen LogP contribution in [0.1, 0.15) is 12.8 Å². The molecule has 0 N–H and O–H groups in total. The predicted octanol–water partition coefficient (Wildman–Crippen LogP) is 1.80.